The molecule has 0 unspecified atom stereocenters. The minimum absolute atomic E-state index is 0.0147. The van der Waals surface area contributed by atoms with E-state index in [1.807, 2.05) is 29.3 Å². The highest BCUT2D eigenvalue weighted by atomic mass is 16.2. The molecule has 0 radical (unpaired) electrons. The number of anilines is 1. The van der Waals surface area contributed by atoms with Crippen molar-refractivity contribution in [2.24, 2.45) is 5.41 Å². The smallest absolute Gasteiger partial charge is 0.270 e. The van der Waals surface area contributed by atoms with Gasteiger partial charge in [0.1, 0.15) is 6.54 Å². The molecule has 4 rings (SSSR count). The Balaban J connectivity index is 1.44. The highest BCUT2D eigenvalue weighted by molar-refractivity contribution is 5.76. The maximum Gasteiger partial charge on any atom is 0.270 e. The highest BCUT2D eigenvalue weighted by Crippen LogP contribution is 2.37. The van der Waals surface area contributed by atoms with E-state index < -0.39 is 0 Å². The Morgan fingerprint density at radius 3 is 2.61 bits per heavy atom. The van der Waals surface area contributed by atoms with Gasteiger partial charge in [-0.1, -0.05) is 19.9 Å². The molecule has 1 aliphatic heterocycles. The second-order valence-corrected chi connectivity index (χ2v) is 9.35. The number of aryl methyl sites for hydroxylation is 1. The minimum Gasteiger partial charge on any atom is -0.367 e. The molecule has 2 aliphatic rings. The van der Waals surface area contributed by atoms with Crippen molar-refractivity contribution in [3.63, 3.8) is 0 Å². The number of rotatable bonds is 4. The molecule has 0 spiro atoms. The number of carbonyl (C=O) groups excluding carboxylic acids is 1. The second-order valence-electron chi connectivity index (χ2n) is 9.35. The van der Waals surface area contributed by atoms with Crippen LogP contribution in [0.5, 0.6) is 0 Å². The number of nitrogens with zero attached hydrogens (tertiary/aromatic N) is 5. The normalized spacial score (nSPS) is 18.6. The molecule has 164 valence electrons. The maximum atomic E-state index is 12.9. The Morgan fingerprint density at radius 1 is 1.19 bits per heavy atom. The van der Waals surface area contributed by atoms with Crippen molar-refractivity contribution >= 4 is 17.2 Å². The summed E-state index contributed by atoms with van der Waals surface area (Å²) in [5, 5.41) is 4.57. The van der Waals surface area contributed by atoms with Gasteiger partial charge in [-0.25, -0.2) is 4.68 Å². The summed E-state index contributed by atoms with van der Waals surface area (Å²) in [4.78, 5) is 33.8. The molecule has 0 aromatic carbocycles. The van der Waals surface area contributed by atoms with Crippen LogP contribution in [0.3, 0.4) is 0 Å². The van der Waals surface area contributed by atoms with Gasteiger partial charge in [-0.15, -0.1) is 0 Å². The van der Waals surface area contributed by atoms with E-state index in [2.05, 4.69) is 34.9 Å². The molecule has 0 saturated carbocycles. The van der Waals surface area contributed by atoms with Crippen LogP contribution in [0.1, 0.15) is 44.4 Å². The van der Waals surface area contributed by atoms with Gasteiger partial charge in [0.2, 0.25) is 5.91 Å². The van der Waals surface area contributed by atoms with E-state index >= 15 is 0 Å². The van der Waals surface area contributed by atoms with Crippen molar-refractivity contribution in [1.29, 1.82) is 0 Å². The van der Waals surface area contributed by atoms with Gasteiger partial charge >= 0.3 is 0 Å². The predicted molar refractivity (Wildman–Crippen MR) is 122 cm³/mol. The zero-order valence-electron chi connectivity index (χ0n) is 18.7. The summed E-state index contributed by atoms with van der Waals surface area (Å²) in [6.07, 6.45) is 8.88. The number of amides is 1. The van der Waals surface area contributed by atoms with Crippen LogP contribution in [0.15, 0.2) is 41.5 Å². The van der Waals surface area contributed by atoms with E-state index in [9.17, 15) is 9.59 Å². The summed E-state index contributed by atoms with van der Waals surface area (Å²) < 4.78 is 1.35. The molecule has 1 fully saturated rings. The summed E-state index contributed by atoms with van der Waals surface area (Å²) in [6.45, 7) is 9.08. The van der Waals surface area contributed by atoms with Gasteiger partial charge in [0.05, 0.1) is 17.6 Å². The van der Waals surface area contributed by atoms with Crippen LogP contribution >= 0.6 is 0 Å². The van der Waals surface area contributed by atoms with Crippen molar-refractivity contribution in [2.75, 3.05) is 31.1 Å². The summed E-state index contributed by atoms with van der Waals surface area (Å²) in [5.41, 5.74) is 3.81. The van der Waals surface area contributed by atoms with Crippen LogP contribution in [0.2, 0.25) is 0 Å². The van der Waals surface area contributed by atoms with Crippen LogP contribution in [0, 0.1) is 12.3 Å². The average Bonchev–Trinajstić information content (AvgIpc) is 2.77. The third-order valence-electron chi connectivity index (χ3n) is 6.38. The largest absolute Gasteiger partial charge is 0.367 e. The quantitative estimate of drug-likeness (QED) is 0.759. The molecule has 3 heterocycles. The predicted octanol–water partition coefficient (Wildman–Crippen LogP) is 2.89. The molecule has 0 N–H and O–H groups in total. The van der Waals surface area contributed by atoms with Crippen LogP contribution in [0.25, 0.3) is 5.57 Å². The lowest BCUT2D eigenvalue weighted by Gasteiger charge is -2.36. The summed E-state index contributed by atoms with van der Waals surface area (Å²) in [7, 11) is 0. The van der Waals surface area contributed by atoms with Gasteiger partial charge < -0.3 is 9.80 Å². The number of carbonyl (C=O) groups is 1. The molecular formula is C24H31N5O2. The maximum absolute atomic E-state index is 12.9. The lowest BCUT2D eigenvalue weighted by molar-refractivity contribution is -0.132. The molecule has 2 aromatic rings. The van der Waals surface area contributed by atoms with Crippen molar-refractivity contribution in [3.8, 4) is 0 Å². The van der Waals surface area contributed by atoms with E-state index in [0.29, 0.717) is 24.1 Å². The fourth-order valence-corrected chi connectivity index (χ4v) is 4.23. The monoisotopic (exact) mass is 421 g/mol. The van der Waals surface area contributed by atoms with Crippen LogP contribution in [-0.2, 0) is 11.3 Å². The van der Waals surface area contributed by atoms with Gasteiger partial charge in [-0.2, -0.15) is 5.10 Å². The molecule has 2 aromatic heterocycles. The third-order valence-corrected chi connectivity index (χ3v) is 6.38. The third kappa shape index (κ3) is 4.86. The SMILES string of the molecule is Cc1cc(C2=CCC(C)(C)CC2)nn(CC(=O)N2CCN(c3cccnc3)CC2)c1=O. The van der Waals surface area contributed by atoms with Crippen LogP contribution < -0.4 is 10.5 Å². The number of piperazine rings is 1. The minimum atomic E-state index is -0.192. The number of allylic oxidation sites excluding steroid dienone is 2. The Hall–Kier alpha value is -2.96. The van der Waals surface area contributed by atoms with Crippen molar-refractivity contribution in [2.45, 2.75) is 46.6 Å². The molecule has 1 saturated heterocycles. The Bertz CT molecular complexity index is 1030. The number of aromatic nitrogens is 3. The van der Waals surface area contributed by atoms with E-state index in [-0.39, 0.29) is 18.0 Å². The van der Waals surface area contributed by atoms with Crippen molar-refractivity contribution in [1.82, 2.24) is 19.7 Å². The van der Waals surface area contributed by atoms with Gasteiger partial charge in [0.15, 0.2) is 0 Å². The Labute approximate surface area is 183 Å². The summed E-state index contributed by atoms with van der Waals surface area (Å²) in [5.74, 6) is -0.0595. The van der Waals surface area contributed by atoms with Crippen LogP contribution in [0.4, 0.5) is 5.69 Å². The standard InChI is InChI=1S/C24H31N5O2/c1-18-15-21(19-6-8-24(2,3)9-7-19)26-29(23(18)31)17-22(30)28-13-11-27(12-14-28)20-5-4-10-25-16-20/h4-6,10,15-16H,7-9,11-14,17H2,1-3H3. The first-order valence-electron chi connectivity index (χ1n) is 11.0. The fourth-order valence-electron chi connectivity index (χ4n) is 4.23. The highest BCUT2D eigenvalue weighted by Gasteiger charge is 2.25. The van der Waals surface area contributed by atoms with Crippen LogP contribution in [-0.4, -0.2) is 51.8 Å². The number of pyridine rings is 1. The van der Waals surface area contributed by atoms with Gasteiger partial charge in [0, 0.05) is 37.9 Å². The molecule has 1 amide bonds. The van der Waals surface area contributed by atoms with Gasteiger partial charge in [-0.3, -0.25) is 14.6 Å². The second kappa shape index (κ2) is 8.65. The zero-order chi connectivity index (χ0) is 22.0. The Kier molecular flexibility index (Phi) is 5.94. The first-order valence-corrected chi connectivity index (χ1v) is 11.0. The molecule has 31 heavy (non-hydrogen) atoms. The fraction of sp³-hybridized carbons (Fsp3) is 0.500. The molecule has 0 bridgehead atoms. The first kappa shape index (κ1) is 21.3. The molecule has 1 aliphatic carbocycles. The molecule has 7 nitrogen and oxygen atoms in total. The Morgan fingerprint density at radius 2 is 1.97 bits per heavy atom. The zero-order valence-corrected chi connectivity index (χ0v) is 18.7. The van der Waals surface area contributed by atoms with Gasteiger partial charge in [0.25, 0.3) is 5.56 Å². The topological polar surface area (TPSA) is 71.3 Å². The van der Waals surface area contributed by atoms with Crippen molar-refractivity contribution in [3.05, 3.63) is 58.3 Å². The summed E-state index contributed by atoms with van der Waals surface area (Å²) in [6, 6.07) is 5.81. The van der Waals surface area contributed by atoms with E-state index in [1.54, 1.807) is 13.1 Å². The lowest BCUT2D eigenvalue weighted by Crippen LogP contribution is -2.50. The lowest BCUT2D eigenvalue weighted by atomic mass is 9.78. The number of hydrogen-bond donors (Lipinski definition) is 0. The van der Waals surface area contributed by atoms with Crippen molar-refractivity contribution < 1.29 is 4.79 Å². The van der Waals surface area contributed by atoms with E-state index in [1.165, 1.54) is 10.3 Å². The van der Waals surface area contributed by atoms with E-state index in [4.69, 9.17) is 0 Å². The average molecular weight is 422 g/mol. The van der Waals surface area contributed by atoms with Gasteiger partial charge in [-0.05, 0) is 55.4 Å². The molecule has 0 atom stereocenters. The summed E-state index contributed by atoms with van der Waals surface area (Å²) >= 11 is 0. The first-order chi connectivity index (χ1) is 14.8. The van der Waals surface area contributed by atoms with E-state index in [0.717, 1.165) is 43.7 Å². The number of hydrogen-bond acceptors (Lipinski definition) is 5. The molecule has 7 heteroatoms. The molecular weight excluding hydrogens is 390 g/mol.